The average molecular weight is 575 g/mol. The highest BCUT2D eigenvalue weighted by atomic mass is 16.6. The number of rotatable bonds is 9. The molecule has 5 aliphatic carbocycles. The van der Waals surface area contributed by atoms with E-state index in [4.69, 9.17) is 9.94 Å². The topological polar surface area (TPSA) is 165 Å². The molecule has 10 nitrogen and oxygen atoms in total. The van der Waals surface area contributed by atoms with Crippen molar-refractivity contribution in [2.45, 2.75) is 89.8 Å². The summed E-state index contributed by atoms with van der Waals surface area (Å²) in [6.07, 6.45) is 10.1. The number of carbonyl (C=O) groups is 3. The molecule has 10 heteroatoms. The molecule has 6 N–H and O–H groups in total. The first-order valence-electron chi connectivity index (χ1n) is 15.3. The Morgan fingerprint density at radius 1 is 1.10 bits per heavy atom. The van der Waals surface area contributed by atoms with Gasteiger partial charge in [0.05, 0.1) is 17.7 Å². The summed E-state index contributed by atoms with van der Waals surface area (Å²) in [4.78, 5) is 41.5. The molecule has 0 saturated heterocycles. The smallest absolute Gasteiger partial charge is 0.306 e. The van der Waals surface area contributed by atoms with Crippen LogP contribution in [0, 0.1) is 40.4 Å². The molecular formula is C31H46N2O8. The quantitative estimate of drug-likeness (QED) is 0.227. The minimum atomic E-state index is -1.59. The Bertz CT molecular complexity index is 1110. The Morgan fingerprint density at radius 3 is 2.51 bits per heavy atom. The number of aliphatic hydroxyl groups excluding tert-OH is 2. The van der Waals surface area contributed by atoms with Gasteiger partial charge in [0.1, 0.15) is 12.2 Å². The van der Waals surface area contributed by atoms with Gasteiger partial charge in [0.15, 0.2) is 12.4 Å². The van der Waals surface area contributed by atoms with Crippen molar-refractivity contribution in [3.05, 3.63) is 23.4 Å². The van der Waals surface area contributed by atoms with Gasteiger partial charge in [-0.05, 0) is 99.4 Å². The number of fused-ring (bicyclic) bond motifs is 5. The predicted molar refractivity (Wildman–Crippen MR) is 149 cm³/mol. The maximum Gasteiger partial charge on any atom is 0.306 e. The lowest BCUT2D eigenvalue weighted by molar-refractivity contribution is -0.181. The minimum absolute atomic E-state index is 0.00205. The van der Waals surface area contributed by atoms with Gasteiger partial charge in [-0.1, -0.05) is 25.5 Å². The van der Waals surface area contributed by atoms with E-state index in [1.165, 1.54) is 5.57 Å². The summed E-state index contributed by atoms with van der Waals surface area (Å²) in [6.45, 7) is 3.82. The first-order valence-corrected chi connectivity index (χ1v) is 15.3. The number of carboxylic acid groups (broad SMARTS) is 1. The molecule has 4 fully saturated rings. The fourth-order valence-electron chi connectivity index (χ4n) is 9.32. The van der Waals surface area contributed by atoms with Crippen molar-refractivity contribution >= 4 is 17.7 Å². The van der Waals surface area contributed by atoms with Crippen molar-refractivity contribution in [3.8, 4) is 0 Å². The maximum absolute atomic E-state index is 12.6. The van der Waals surface area contributed by atoms with Gasteiger partial charge in [0.25, 0.3) is 0 Å². The van der Waals surface area contributed by atoms with E-state index in [0.29, 0.717) is 51.0 Å². The summed E-state index contributed by atoms with van der Waals surface area (Å²) < 4.78 is 0. The molecule has 0 unspecified atom stereocenters. The fraction of sp³-hybridized carbons (Fsp3) is 0.774. The third kappa shape index (κ3) is 5.26. The number of hydrogen-bond donors (Lipinski definition) is 6. The number of nitrogens with one attached hydrogen (secondary N) is 2. The highest BCUT2D eigenvalue weighted by Crippen LogP contribution is 2.67. The molecule has 7 atom stereocenters. The molecular weight excluding hydrogens is 528 g/mol. The molecule has 0 heterocycles. The Balaban J connectivity index is 1.14. The number of amides is 1. The summed E-state index contributed by atoms with van der Waals surface area (Å²) in [6, 6.07) is 0. The van der Waals surface area contributed by atoms with Crippen LogP contribution in [-0.4, -0.2) is 69.5 Å². The normalized spacial score (nSPS) is 41.7. The van der Waals surface area contributed by atoms with Gasteiger partial charge in [-0.3, -0.25) is 24.7 Å². The fourth-order valence-corrected chi connectivity index (χ4v) is 9.32. The highest BCUT2D eigenvalue weighted by molar-refractivity contribution is 5.89. The zero-order valence-electron chi connectivity index (χ0n) is 24.2. The summed E-state index contributed by atoms with van der Waals surface area (Å²) in [7, 11) is 0. The van der Waals surface area contributed by atoms with E-state index >= 15 is 0 Å². The summed E-state index contributed by atoms with van der Waals surface area (Å²) in [5, 5.41) is 44.5. The molecule has 228 valence electrons. The van der Waals surface area contributed by atoms with Crippen LogP contribution >= 0.6 is 0 Å². The zero-order valence-corrected chi connectivity index (χ0v) is 24.2. The largest absolute Gasteiger partial charge is 0.481 e. The average Bonchev–Trinajstić information content (AvgIpc) is 3.22. The van der Waals surface area contributed by atoms with Gasteiger partial charge in [-0.2, -0.15) is 0 Å². The number of carbonyl (C=O) groups excluding carboxylic acids is 2. The van der Waals surface area contributed by atoms with E-state index in [1.54, 1.807) is 0 Å². The van der Waals surface area contributed by atoms with E-state index < -0.39 is 35.5 Å². The van der Waals surface area contributed by atoms with Gasteiger partial charge >= 0.3 is 5.97 Å². The number of hydroxylamine groups is 1. The Labute approximate surface area is 241 Å². The molecule has 5 rings (SSSR count). The first-order chi connectivity index (χ1) is 19.4. The van der Waals surface area contributed by atoms with E-state index in [9.17, 15) is 29.7 Å². The number of allylic oxidation sites excluding steroid dienone is 3. The zero-order chi connectivity index (χ0) is 29.6. The monoisotopic (exact) mass is 574 g/mol. The predicted octanol–water partition coefficient (Wildman–Crippen LogP) is 2.23. The van der Waals surface area contributed by atoms with Crippen molar-refractivity contribution in [1.29, 1.82) is 0 Å². The van der Waals surface area contributed by atoms with Crippen LogP contribution in [-0.2, 0) is 19.2 Å². The van der Waals surface area contributed by atoms with Crippen molar-refractivity contribution < 1.29 is 39.6 Å². The lowest BCUT2D eigenvalue weighted by atomic mass is 9.45. The van der Waals surface area contributed by atoms with Crippen LogP contribution in [0.25, 0.3) is 0 Å². The molecule has 1 amide bonds. The lowest BCUT2D eigenvalue weighted by Gasteiger charge is -2.60. The van der Waals surface area contributed by atoms with Crippen LogP contribution in [0.4, 0.5) is 0 Å². The maximum atomic E-state index is 12.6. The minimum Gasteiger partial charge on any atom is -0.481 e. The molecule has 0 radical (unpaired) electrons. The molecule has 0 aromatic rings. The van der Waals surface area contributed by atoms with Crippen molar-refractivity contribution in [3.63, 3.8) is 0 Å². The molecule has 4 saturated carbocycles. The second-order valence-electron chi connectivity index (χ2n) is 13.7. The number of hydrogen-bond acceptors (Lipinski definition) is 8. The van der Waals surface area contributed by atoms with E-state index in [0.717, 1.165) is 31.4 Å². The van der Waals surface area contributed by atoms with Crippen molar-refractivity contribution in [2.75, 3.05) is 19.8 Å². The number of aliphatic hydroxyl groups is 3. The van der Waals surface area contributed by atoms with Gasteiger partial charge in [-0.25, -0.2) is 0 Å². The lowest BCUT2D eigenvalue weighted by Crippen LogP contribution is -2.61. The van der Waals surface area contributed by atoms with Crippen LogP contribution < -0.4 is 10.8 Å². The van der Waals surface area contributed by atoms with Gasteiger partial charge in [0, 0.05) is 12.0 Å². The van der Waals surface area contributed by atoms with Gasteiger partial charge < -0.3 is 25.7 Å². The van der Waals surface area contributed by atoms with E-state index in [-0.39, 0.29) is 41.6 Å². The second-order valence-corrected chi connectivity index (χ2v) is 13.7. The van der Waals surface area contributed by atoms with Crippen LogP contribution in [0.15, 0.2) is 23.4 Å². The van der Waals surface area contributed by atoms with Gasteiger partial charge in [-0.15, -0.1) is 0 Å². The standard InChI is InChI=1S/C31H46N2O8/c1-29-11-9-21(33-41-17-26(37)32-15-18-3-5-19(6-4-18)28(38)39)13-20(29)7-8-22-23-10-12-31(40,25(36)16-34)30(23,2)14-24(35)27(22)29/h9,13,18-19,22-24,27,33-35,40H,3-8,10-12,14-17H2,1-2H3,(H,32,37)(H,38,39)/t18?,19?,22-,23-,24+,27+,29-,30+,31-/m1/s1. The van der Waals surface area contributed by atoms with E-state index in [1.807, 2.05) is 13.0 Å². The van der Waals surface area contributed by atoms with E-state index in [2.05, 4.69) is 23.8 Å². The number of carboxylic acids is 1. The number of aliphatic carboxylic acids is 1. The molecule has 0 aliphatic heterocycles. The Morgan fingerprint density at radius 2 is 1.83 bits per heavy atom. The summed E-state index contributed by atoms with van der Waals surface area (Å²) >= 11 is 0. The number of ketones is 1. The van der Waals surface area contributed by atoms with Crippen molar-refractivity contribution in [1.82, 2.24) is 10.8 Å². The molecule has 0 bridgehead atoms. The van der Waals surface area contributed by atoms with Crippen molar-refractivity contribution in [2.24, 2.45) is 40.4 Å². The second kappa shape index (κ2) is 11.4. The highest BCUT2D eigenvalue weighted by Gasteiger charge is 2.68. The van der Waals surface area contributed by atoms with Crippen LogP contribution in [0.5, 0.6) is 0 Å². The Kier molecular flexibility index (Phi) is 8.42. The molecule has 41 heavy (non-hydrogen) atoms. The number of Topliss-reactive ketones (excluding diaryl/α,β-unsaturated/α-hetero) is 1. The Hall–Kier alpha value is -2.27. The molecule has 0 aromatic heterocycles. The summed E-state index contributed by atoms with van der Waals surface area (Å²) in [5.74, 6) is -1.19. The van der Waals surface area contributed by atoms with Crippen LogP contribution in [0.2, 0.25) is 0 Å². The first kappa shape index (κ1) is 30.2. The molecule has 5 aliphatic rings. The molecule has 0 spiro atoms. The van der Waals surface area contributed by atoms with Gasteiger partial charge in [0.2, 0.25) is 5.91 Å². The third-order valence-electron chi connectivity index (χ3n) is 11.7. The van der Waals surface area contributed by atoms with Crippen LogP contribution in [0.3, 0.4) is 0 Å². The third-order valence-corrected chi connectivity index (χ3v) is 11.7. The van der Waals surface area contributed by atoms with Crippen LogP contribution in [0.1, 0.15) is 78.1 Å². The molecule has 0 aromatic carbocycles. The SMILES string of the molecule is C[C@]12C[C@H](O)[C@@H]3[C@H](CCC4=CC(NOCC(=O)NCC5CCC(C(=O)O)CC5)=CC[C@]43C)[C@H]1CC[C@@]2(O)C(=O)CO. The summed E-state index contributed by atoms with van der Waals surface area (Å²) in [5.41, 5.74) is 2.33.